The zero-order chi connectivity index (χ0) is 16.8. The van der Waals surface area contributed by atoms with Crippen LogP contribution in [0.3, 0.4) is 0 Å². The van der Waals surface area contributed by atoms with Crippen LogP contribution in [-0.2, 0) is 4.79 Å². The van der Waals surface area contributed by atoms with Crippen LogP contribution < -0.4 is 9.47 Å². The Morgan fingerprint density at radius 3 is 2.30 bits per heavy atom. The molecular formula is C17H12ClFO4. The van der Waals surface area contributed by atoms with Crippen molar-refractivity contribution in [2.75, 3.05) is 0 Å². The number of rotatable bonds is 4. The summed E-state index contributed by atoms with van der Waals surface area (Å²) < 4.78 is 23.3. The molecule has 0 heterocycles. The van der Waals surface area contributed by atoms with E-state index in [2.05, 4.69) is 0 Å². The number of benzene rings is 2. The fourth-order valence-electron chi connectivity index (χ4n) is 1.65. The summed E-state index contributed by atoms with van der Waals surface area (Å²) in [4.78, 5) is 23.2. The van der Waals surface area contributed by atoms with E-state index in [1.165, 1.54) is 42.5 Å². The molecule has 2 aromatic carbocycles. The minimum Gasteiger partial charge on any atom is -0.423 e. The Bertz CT molecular complexity index is 754. The van der Waals surface area contributed by atoms with Crippen molar-refractivity contribution in [1.29, 1.82) is 0 Å². The lowest BCUT2D eigenvalue weighted by atomic mass is 10.2. The van der Waals surface area contributed by atoms with Crippen molar-refractivity contribution in [3.63, 3.8) is 0 Å². The minimum atomic E-state index is -0.678. The molecule has 0 atom stereocenters. The molecule has 0 N–H and O–H groups in total. The van der Waals surface area contributed by atoms with Crippen LogP contribution in [0.15, 0.2) is 54.6 Å². The van der Waals surface area contributed by atoms with E-state index in [4.69, 9.17) is 21.1 Å². The van der Waals surface area contributed by atoms with Crippen LogP contribution in [0.25, 0.3) is 0 Å². The van der Waals surface area contributed by atoms with Crippen LogP contribution in [0, 0.1) is 5.82 Å². The smallest absolute Gasteiger partial charge is 0.343 e. The predicted molar refractivity (Wildman–Crippen MR) is 83.3 cm³/mol. The lowest BCUT2D eigenvalue weighted by Crippen LogP contribution is -2.09. The standard InChI is InChI=1S/C17H12ClFO4/c1-2-3-16(20)22-12-6-4-11(5-7-12)17(21)23-13-8-9-14(18)15(19)10-13/h2-10H,1H3. The maximum Gasteiger partial charge on any atom is 0.343 e. The van der Waals surface area contributed by atoms with Crippen molar-refractivity contribution in [2.24, 2.45) is 0 Å². The second-order valence-corrected chi connectivity index (χ2v) is 4.82. The van der Waals surface area contributed by atoms with Gasteiger partial charge in [-0.25, -0.2) is 14.0 Å². The van der Waals surface area contributed by atoms with Crippen molar-refractivity contribution < 1.29 is 23.5 Å². The third kappa shape index (κ3) is 4.66. The number of esters is 2. The summed E-state index contributed by atoms with van der Waals surface area (Å²) in [5, 5.41) is -0.0582. The van der Waals surface area contributed by atoms with Crippen LogP contribution in [0.1, 0.15) is 17.3 Å². The van der Waals surface area contributed by atoms with Crippen LogP contribution in [0.2, 0.25) is 5.02 Å². The Morgan fingerprint density at radius 1 is 1.04 bits per heavy atom. The quantitative estimate of drug-likeness (QED) is 0.478. The van der Waals surface area contributed by atoms with E-state index in [0.717, 1.165) is 6.07 Å². The Hall–Kier alpha value is -2.66. The number of carbonyl (C=O) groups is 2. The van der Waals surface area contributed by atoms with Crippen molar-refractivity contribution in [2.45, 2.75) is 6.92 Å². The van der Waals surface area contributed by atoms with Gasteiger partial charge < -0.3 is 9.47 Å². The maximum absolute atomic E-state index is 13.3. The van der Waals surface area contributed by atoms with Crippen molar-refractivity contribution >= 4 is 23.5 Å². The molecule has 0 aromatic heterocycles. The summed E-state index contributed by atoms with van der Waals surface area (Å²) in [6, 6.07) is 9.49. The fourth-order valence-corrected chi connectivity index (χ4v) is 1.77. The molecule has 0 aliphatic heterocycles. The molecule has 0 spiro atoms. The van der Waals surface area contributed by atoms with Gasteiger partial charge >= 0.3 is 11.9 Å². The monoisotopic (exact) mass is 334 g/mol. The number of hydrogen-bond donors (Lipinski definition) is 0. The van der Waals surface area contributed by atoms with E-state index in [1.54, 1.807) is 13.0 Å². The molecule has 0 saturated heterocycles. The second kappa shape index (κ2) is 7.56. The van der Waals surface area contributed by atoms with Gasteiger partial charge in [-0.3, -0.25) is 0 Å². The predicted octanol–water partition coefficient (Wildman–Crippen LogP) is 4.18. The van der Waals surface area contributed by atoms with Gasteiger partial charge in [-0.1, -0.05) is 17.7 Å². The fraction of sp³-hybridized carbons (Fsp3) is 0.0588. The Morgan fingerprint density at radius 2 is 1.70 bits per heavy atom. The molecule has 0 amide bonds. The van der Waals surface area contributed by atoms with E-state index in [9.17, 15) is 14.0 Å². The van der Waals surface area contributed by atoms with Gasteiger partial charge in [0.1, 0.15) is 17.3 Å². The van der Waals surface area contributed by atoms with Gasteiger partial charge in [-0.05, 0) is 43.3 Å². The first-order chi connectivity index (χ1) is 11.0. The first-order valence-electron chi connectivity index (χ1n) is 6.61. The van der Waals surface area contributed by atoms with Crippen LogP contribution in [0.4, 0.5) is 4.39 Å². The molecule has 0 fully saturated rings. The van der Waals surface area contributed by atoms with Crippen molar-refractivity contribution in [1.82, 2.24) is 0 Å². The molecule has 2 rings (SSSR count). The summed E-state index contributed by atoms with van der Waals surface area (Å²) in [6.45, 7) is 1.69. The van der Waals surface area contributed by atoms with Crippen molar-refractivity contribution in [3.8, 4) is 11.5 Å². The molecular weight excluding hydrogens is 323 g/mol. The van der Waals surface area contributed by atoms with E-state index in [1.807, 2.05) is 0 Å². The third-order valence-electron chi connectivity index (χ3n) is 2.71. The summed E-state index contributed by atoms with van der Waals surface area (Å²) in [5.41, 5.74) is 0.228. The highest BCUT2D eigenvalue weighted by atomic mass is 35.5. The molecule has 0 saturated carbocycles. The first-order valence-corrected chi connectivity index (χ1v) is 6.99. The van der Waals surface area contributed by atoms with Crippen LogP contribution in [0.5, 0.6) is 11.5 Å². The van der Waals surface area contributed by atoms with E-state index < -0.39 is 17.8 Å². The third-order valence-corrected chi connectivity index (χ3v) is 3.02. The van der Waals surface area contributed by atoms with E-state index >= 15 is 0 Å². The highest BCUT2D eigenvalue weighted by Gasteiger charge is 2.11. The van der Waals surface area contributed by atoms with Gasteiger partial charge in [-0.2, -0.15) is 0 Å². The largest absolute Gasteiger partial charge is 0.423 e. The highest BCUT2D eigenvalue weighted by molar-refractivity contribution is 6.30. The number of allylic oxidation sites excluding steroid dienone is 1. The van der Waals surface area contributed by atoms with Gasteiger partial charge in [0.15, 0.2) is 0 Å². The zero-order valence-electron chi connectivity index (χ0n) is 12.1. The number of hydrogen-bond acceptors (Lipinski definition) is 4. The summed E-state index contributed by atoms with van der Waals surface area (Å²) >= 11 is 5.55. The SMILES string of the molecule is CC=CC(=O)Oc1ccc(C(=O)Oc2ccc(Cl)c(F)c2)cc1. The molecule has 0 bridgehead atoms. The minimum absolute atomic E-state index is 0.0421. The topological polar surface area (TPSA) is 52.6 Å². The summed E-state index contributed by atoms with van der Waals surface area (Å²) in [7, 11) is 0. The van der Waals surface area contributed by atoms with Gasteiger partial charge in [0.2, 0.25) is 0 Å². The molecule has 0 unspecified atom stereocenters. The van der Waals surface area contributed by atoms with Crippen LogP contribution >= 0.6 is 11.6 Å². The molecule has 0 aliphatic rings. The maximum atomic E-state index is 13.3. The summed E-state index contributed by atoms with van der Waals surface area (Å²) in [6.07, 6.45) is 2.83. The highest BCUT2D eigenvalue weighted by Crippen LogP contribution is 2.21. The lowest BCUT2D eigenvalue weighted by molar-refractivity contribution is -0.129. The summed E-state index contributed by atoms with van der Waals surface area (Å²) in [5.74, 6) is -1.52. The van der Waals surface area contributed by atoms with E-state index in [0.29, 0.717) is 5.75 Å². The van der Waals surface area contributed by atoms with Gasteiger partial charge in [0, 0.05) is 12.1 Å². The Kier molecular flexibility index (Phi) is 5.49. The molecule has 23 heavy (non-hydrogen) atoms. The van der Waals surface area contributed by atoms with Gasteiger partial charge in [-0.15, -0.1) is 0 Å². The normalized spacial score (nSPS) is 10.6. The zero-order valence-corrected chi connectivity index (χ0v) is 12.8. The number of halogens is 2. The molecule has 2 aromatic rings. The number of carbonyl (C=O) groups excluding carboxylic acids is 2. The molecule has 6 heteroatoms. The Labute approximate surface area is 137 Å². The molecule has 0 aliphatic carbocycles. The molecule has 118 valence electrons. The Balaban J connectivity index is 2.05. The van der Waals surface area contributed by atoms with Gasteiger partial charge in [0.25, 0.3) is 0 Å². The number of ether oxygens (including phenoxy) is 2. The second-order valence-electron chi connectivity index (χ2n) is 4.41. The van der Waals surface area contributed by atoms with E-state index in [-0.39, 0.29) is 16.3 Å². The lowest BCUT2D eigenvalue weighted by Gasteiger charge is -2.06. The average molecular weight is 335 g/mol. The average Bonchev–Trinajstić information content (AvgIpc) is 2.52. The van der Waals surface area contributed by atoms with Crippen LogP contribution in [-0.4, -0.2) is 11.9 Å². The van der Waals surface area contributed by atoms with Gasteiger partial charge in [0.05, 0.1) is 10.6 Å². The first kappa shape index (κ1) is 16.7. The molecule has 4 nitrogen and oxygen atoms in total. The van der Waals surface area contributed by atoms with Crippen molar-refractivity contribution in [3.05, 3.63) is 71.0 Å². The molecule has 0 radical (unpaired) electrons.